The van der Waals surface area contributed by atoms with Gasteiger partial charge in [-0.3, -0.25) is 9.59 Å². The molecule has 1 unspecified atom stereocenters. The number of rotatable bonds is 10. The highest BCUT2D eigenvalue weighted by atomic mass is 16.6. The number of hydrogen-bond acceptors (Lipinski definition) is 4. The second kappa shape index (κ2) is 7.95. The summed E-state index contributed by atoms with van der Waals surface area (Å²) in [4.78, 5) is 24.0. The molecule has 0 fully saturated rings. The maximum absolute atomic E-state index is 12.6. The van der Waals surface area contributed by atoms with Crippen molar-refractivity contribution in [3.63, 3.8) is 0 Å². The fraction of sp³-hybridized carbons (Fsp3) is 0.882. The van der Waals surface area contributed by atoms with Crippen LogP contribution in [0, 0.1) is 16.2 Å². The van der Waals surface area contributed by atoms with Gasteiger partial charge in [0.05, 0.1) is 17.4 Å². The minimum atomic E-state index is -0.987. The summed E-state index contributed by atoms with van der Waals surface area (Å²) in [6, 6.07) is 0. The van der Waals surface area contributed by atoms with Gasteiger partial charge in [-0.1, -0.05) is 27.2 Å². The molecular weight excluding hydrogens is 284 g/mol. The van der Waals surface area contributed by atoms with Crippen molar-refractivity contribution in [2.24, 2.45) is 16.2 Å². The summed E-state index contributed by atoms with van der Waals surface area (Å²) in [5.41, 5.74) is -1.89. The number of esters is 1. The summed E-state index contributed by atoms with van der Waals surface area (Å²) >= 11 is 0. The summed E-state index contributed by atoms with van der Waals surface area (Å²) < 4.78 is 10.2. The molecule has 0 aliphatic rings. The molecular formula is C17H32O5. The molecule has 0 aliphatic heterocycles. The lowest BCUT2D eigenvalue weighted by Crippen LogP contribution is -2.41. The van der Waals surface area contributed by atoms with E-state index in [0.29, 0.717) is 13.0 Å². The number of carboxylic acid groups (broad SMARTS) is 1. The van der Waals surface area contributed by atoms with Crippen molar-refractivity contribution in [2.75, 3.05) is 20.3 Å². The molecule has 0 spiro atoms. The topological polar surface area (TPSA) is 72.8 Å². The zero-order chi connectivity index (χ0) is 17.6. The van der Waals surface area contributed by atoms with Gasteiger partial charge >= 0.3 is 11.9 Å². The van der Waals surface area contributed by atoms with Crippen LogP contribution in [0.5, 0.6) is 0 Å². The second-order valence-corrected chi connectivity index (χ2v) is 7.75. The van der Waals surface area contributed by atoms with Crippen LogP contribution in [0.4, 0.5) is 0 Å². The van der Waals surface area contributed by atoms with Crippen LogP contribution in [0.2, 0.25) is 0 Å². The van der Waals surface area contributed by atoms with Crippen molar-refractivity contribution >= 4 is 11.9 Å². The van der Waals surface area contributed by atoms with Gasteiger partial charge in [0.25, 0.3) is 0 Å². The van der Waals surface area contributed by atoms with E-state index in [4.69, 9.17) is 9.47 Å². The lowest BCUT2D eigenvalue weighted by molar-refractivity contribution is -0.163. The van der Waals surface area contributed by atoms with E-state index in [9.17, 15) is 14.7 Å². The maximum atomic E-state index is 12.6. The summed E-state index contributed by atoms with van der Waals surface area (Å²) in [6.07, 6.45) is 1.73. The third kappa shape index (κ3) is 6.34. The second-order valence-electron chi connectivity index (χ2n) is 7.75. The Morgan fingerprint density at radius 2 is 1.55 bits per heavy atom. The molecule has 1 atom stereocenters. The van der Waals surface area contributed by atoms with Gasteiger partial charge in [0.2, 0.25) is 0 Å². The smallest absolute Gasteiger partial charge is 0.311 e. The summed E-state index contributed by atoms with van der Waals surface area (Å²) in [7, 11) is 1.54. The maximum Gasteiger partial charge on any atom is 0.311 e. The highest BCUT2D eigenvalue weighted by Gasteiger charge is 2.45. The standard InChI is InChI=1S/C17H32O5/c1-8-15(2,3)11-17(6,12-16(4,5)13(18)19)14(20)22-10-9-21-7/h8-12H2,1-7H3,(H,18,19). The third-order valence-corrected chi connectivity index (χ3v) is 4.25. The molecule has 5 nitrogen and oxygen atoms in total. The number of ether oxygens (including phenoxy) is 2. The van der Waals surface area contributed by atoms with Crippen molar-refractivity contribution in [3.8, 4) is 0 Å². The van der Waals surface area contributed by atoms with E-state index >= 15 is 0 Å². The molecule has 0 radical (unpaired) electrons. The van der Waals surface area contributed by atoms with Crippen LogP contribution in [0.15, 0.2) is 0 Å². The first-order chi connectivity index (χ1) is 9.90. The van der Waals surface area contributed by atoms with Crippen LogP contribution in [-0.4, -0.2) is 37.4 Å². The molecule has 0 heterocycles. The van der Waals surface area contributed by atoms with Crippen LogP contribution in [0.1, 0.15) is 60.8 Å². The quantitative estimate of drug-likeness (QED) is 0.493. The van der Waals surface area contributed by atoms with E-state index in [1.54, 1.807) is 21.0 Å². The molecule has 1 N–H and O–H groups in total. The Morgan fingerprint density at radius 3 is 1.95 bits per heavy atom. The molecule has 0 aromatic rings. The Balaban J connectivity index is 5.29. The largest absolute Gasteiger partial charge is 0.481 e. The third-order valence-electron chi connectivity index (χ3n) is 4.25. The minimum absolute atomic E-state index is 0.0659. The molecule has 0 saturated heterocycles. The van der Waals surface area contributed by atoms with Gasteiger partial charge in [0.15, 0.2) is 0 Å². The molecule has 0 saturated carbocycles. The summed E-state index contributed by atoms with van der Waals surface area (Å²) in [5.74, 6) is -1.25. The van der Waals surface area contributed by atoms with E-state index in [1.165, 1.54) is 0 Å². The highest BCUT2D eigenvalue weighted by Crippen LogP contribution is 2.44. The molecule has 0 rings (SSSR count). The van der Waals surface area contributed by atoms with Gasteiger partial charge in [-0.25, -0.2) is 0 Å². The fourth-order valence-corrected chi connectivity index (χ4v) is 2.83. The van der Waals surface area contributed by atoms with Gasteiger partial charge in [0.1, 0.15) is 6.61 Å². The number of carboxylic acids is 1. The number of methoxy groups -OCH3 is 1. The summed E-state index contributed by atoms with van der Waals surface area (Å²) in [6.45, 7) is 11.9. The lowest BCUT2D eigenvalue weighted by Gasteiger charge is -2.38. The first-order valence-corrected chi connectivity index (χ1v) is 7.80. The molecule has 130 valence electrons. The predicted octanol–water partition coefficient (Wildman–Crippen LogP) is 3.51. The van der Waals surface area contributed by atoms with Crippen LogP contribution >= 0.6 is 0 Å². The molecule has 0 amide bonds. The number of hydrogen-bond donors (Lipinski definition) is 1. The normalized spacial score (nSPS) is 15.2. The average molecular weight is 316 g/mol. The zero-order valence-electron chi connectivity index (χ0n) is 15.1. The Labute approximate surface area is 134 Å². The van der Waals surface area contributed by atoms with Crippen LogP contribution in [0.25, 0.3) is 0 Å². The Bertz CT molecular complexity index is 387. The number of carbonyl (C=O) groups excluding carboxylic acids is 1. The highest BCUT2D eigenvalue weighted by molar-refractivity contribution is 5.79. The monoisotopic (exact) mass is 316 g/mol. The van der Waals surface area contributed by atoms with Crippen molar-refractivity contribution < 1.29 is 24.2 Å². The van der Waals surface area contributed by atoms with Crippen molar-refractivity contribution in [1.82, 2.24) is 0 Å². The average Bonchev–Trinajstić information content (AvgIpc) is 2.37. The van der Waals surface area contributed by atoms with E-state index in [2.05, 4.69) is 20.8 Å². The van der Waals surface area contributed by atoms with Crippen LogP contribution < -0.4 is 0 Å². The summed E-state index contributed by atoms with van der Waals surface area (Å²) in [5, 5.41) is 9.38. The first-order valence-electron chi connectivity index (χ1n) is 7.80. The van der Waals surface area contributed by atoms with E-state index in [0.717, 1.165) is 6.42 Å². The minimum Gasteiger partial charge on any atom is -0.481 e. The molecule has 0 aromatic carbocycles. The lowest BCUT2D eigenvalue weighted by atomic mass is 9.66. The van der Waals surface area contributed by atoms with Crippen molar-refractivity contribution in [2.45, 2.75) is 60.8 Å². The molecule has 0 aromatic heterocycles. The van der Waals surface area contributed by atoms with Crippen molar-refractivity contribution in [1.29, 1.82) is 0 Å². The van der Waals surface area contributed by atoms with E-state index in [-0.39, 0.29) is 24.4 Å². The number of aliphatic carboxylic acids is 1. The molecule has 22 heavy (non-hydrogen) atoms. The van der Waals surface area contributed by atoms with Gasteiger partial charge in [-0.05, 0) is 39.0 Å². The van der Waals surface area contributed by atoms with E-state index < -0.39 is 16.8 Å². The van der Waals surface area contributed by atoms with Crippen LogP contribution in [-0.2, 0) is 19.1 Å². The Hall–Kier alpha value is -1.10. The fourth-order valence-electron chi connectivity index (χ4n) is 2.83. The van der Waals surface area contributed by atoms with Gasteiger partial charge in [-0.2, -0.15) is 0 Å². The zero-order valence-corrected chi connectivity index (χ0v) is 15.1. The van der Waals surface area contributed by atoms with Gasteiger partial charge in [-0.15, -0.1) is 0 Å². The molecule has 0 aliphatic carbocycles. The predicted molar refractivity (Wildman–Crippen MR) is 85.7 cm³/mol. The Kier molecular flexibility index (Phi) is 7.55. The van der Waals surface area contributed by atoms with Crippen LogP contribution in [0.3, 0.4) is 0 Å². The first kappa shape index (κ1) is 20.9. The molecule has 0 bridgehead atoms. The van der Waals surface area contributed by atoms with E-state index in [1.807, 2.05) is 6.92 Å². The van der Waals surface area contributed by atoms with Gasteiger partial charge < -0.3 is 14.6 Å². The van der Waals surface area contributed by atoms with Crippen molar-refractivity contribution in [3.05, 3.63) is 0 Å². The number of carbonyl (C=O) groups is 2. The Morgan fingerprint density at radius 1 is 1.00 bits per heavy atom. The SMILES string of the molecule is CCC(C)(C)CC(C)(CC(C)(C)C(=O)O)C(=O)OCCOC. The van der Waals surface area contributed by atoms with Gasteiger partial charge in [0, 0.05) is 7.11 Å². The molecule has 5 heteroatoms.